The highest BCUT2D eigenvalue weighted by atomic mass is 32.2. The summed E-state index contributed by atoms with van der Waals surface area (Å²) in [5, 5.41) is 2.45. The zero-order valence-electron chi connectivity index (χ0n) is 14.9. The monoisotopic (exact) mass is 413 g/mol. The average molecular weight is 413 g/mol. The minimum absolute atomic E-state index is 0.210. The number of alkyl halides is 2. The molecule has 28 heavy (non-hydrogen) atoms. The van der Waals surface area contributed by atoms with Crippen LogP contribution in [0.4, 0.5) is 14.5 Å². The molecule has 1 amide bonds. The number of anilines is 1. The van der Waals surface area contributed by atoms with Crippen molar-refractivity contribution in [2.45, 2.75) is 17.6 Å². The highest BCUT2D eigenvalue weighted by Gasteiger charge is 2.26. The summed E-state index contributed by atoms with van der Waals surface area (Å²) >= 11 is 0. The number of rotatable bonds is 7. The third kappa shape index (κ3) is 5.03. The molecule has 0 aliphatic rings. The predicted octanol–water partition coefficient (Wildman–Crippen LogP) is 2.80. The van der Waals surface area contributed by atoms with Crippen LogP contribution in [0.5, 0.6) is 5.75 Å². The molecule has 0 bridgehead atoms. The first-order chi connectivity index (χ1) is 13.1. The molecule has 0 aliphatic heterocycles. The normalized spacial score (nSPS) is 11.2. The van der Waals surface area contributed by atoms with Crippen LogP contribution in [0, 0.1) is 6.92 Å². The molecule has 0 aliphatic carbocycles. The number of amides is 1. The lowest BCUT2D eigenvalue weighted by Gasteiger charge is -2.11. The molecule has 150 valence electrons. The Bertz CT molecular complexity index is 974. The predicted molar refractivity (Wildman–Crippen MR) is 96.3 cm³/mol. The summed E-state index contributed by atoms with van der Waals surface area (Å²) in [5.41, 5.74) is 1.17. The topological polar surface area (TPSA) is 98.8 Å². The Labute approximate surface area is 160 Å². The summed E-state index contributed by atoms with van der Waals surface area (Å²) in [6.07, 6.45) is 0. The van der Waals surface area contributed by atoms with Crippen molar-refractivity contribution in [2.75, 3.05) is 19.0 Å². The first-order valence-electron chi connectivity index (χ1n) is 7.89. The molecular weight excluding hydrogens is 396 g/mol. The Morgan fingerprint density at radius 1 is 1.11 bits per heavy atom. The van der Waals surface area contributed by atoms with Crippen molar-refractivity contribution >= 4 is 27.4 Å². The van der Waals surface area contributed by atoms with Gasteiger partial charge in [0.15, 0.2) is 6.61 Å². The minimum Gasteiger partial charge on any atom is -0.483 e. The molecule has 0 unspecified atom stereocenters. The van der Waals surface area contributed by atoms with E-state index in [2.05, 4.69) is 10.1 Å². The fourth-order valence-corrected chi connectivity index (χ4v) is 2.89. The van der Waals surface area contributed by atoms with Gasteiger partial charge < -0.3 is 14.8 Å². The Kier molecular flexibility index (Phi) is 6.68. The second-order valence-electron chi connectivity index (χ2n) is 5.64. The SMILES string of the molecule is COC(=O)c1ccc(C)c(OCC(=O)Nc2ccc(S(=O)(=O)C(F)F)cc2)c1. The fourth-order valence-electron chi connectivity index (χ4n) is 2.17. The van der Waals surface area contributed by atoms with Crippen LogP contribution in [0.3, 0.4) is 0 Å². The number of nitrogens with one attached hydrogen (secondary N) is 1. The van der Waals surface area contributed by atoms with Gasteiger partial charge in [0, 0.05) is 5.69 Å². The first-order valence-corrected chi connectivity index (χ1v) is 9.43. The maximum atomic E-state index is 12.5. The van der Waals surface area contributed by atoms with Gasteiger partial charge in [-0.3, -0.25) is 4.79 Å². The number of hydrogen-bond donors (Lipinski definition) is 1. The molecule has 0 saturated carbocycles. The van der Waals surface area contributed by atoms with Crippen LogP contribution < -0.4 is 10.1 Å². The van der Waals surface area contributed by atoms with Crippen molar-refractivity contribution in [1.82, 2.24) is 0 Å². The van der Waals surface area contributed by atoms with E-state index in [1.165, 1.54) is 25.3 Å². The van der Waals surface area contributed by atoms with Crippen molar-refractivity contribution in [3.05, 3.63) is 53.6 Å². The van der Waals surface area contributed by atoms with Gasteiger partial charge in [-0.25, -0.2) is 13.2 Å². The Balaban J connectivity index is 2.01. The number of aryl methyl sites for hydroxylation is 1. The molecular formula is C18H17F2NO6S. The summed E-state index contributed by atoms with van der Waals surface area (Å²) in [6, 6.07) is 8.97. The Morgan fingerprint density at radius 2 is 1.75 bits per heavy atom. The zero-order valence-corrected chi connectivity index (χ0v) is 15.8. The van der Waals surface area contributed by atoms with Crippen molar-refractivity contribution in [2.24, 2.45) is 0 Å². The van der Waals surface area contributed by atoms with Crippen LogP contribution in [0.2, 0.25) is 0 Å². The fraction of sp³-hybridized carbons (Fsp3) is 0.222. The van der Waals surface area contributed by atoms with Crippen LogP contribution in [-0.2, 0) is 19.4 Å². The molecule has 0 spiro atoms. The summed E-state index contributed by atoms with van der Waals surface area (Å²) in [6.45, 7) is 1.35. The van der Waals surface area contributed by atoms with Crippen LogP contribution >= 0.6 is 0 Å². The molecule has 0 radical (unpaired) electrons. The molecule has 0 fully saturated rings. The van der Waals surface area contributed by atoms with E-state index < -0.39 is 32.4 Å². The molecule has 2 aromatic carbocycles. The van der Waals surface area contributed by atoms with E-state index in [1.54, 1.807) is 19.1 Å². The maximum Gasteiger partial charge on any atom is 0.341 e. The number of benzene rings is 2. The van der Waals surface area contributed by atoms with Gasteiger partial charge in [0.2, 0.25) is 9.84 Å². The van der Waals surface area contributed by atoms with Crippen LogP contribution in [0.25, 0.3) is 0 Å². The second-order valence-corrected chi connectivity index (χ2v) is 7.56. The minimum atomic E-state index is -4.70. The molecule has 1 N–H and O–H groups in total. The van der Waals surface area contributed by atoms with E-state index in [0.29, 0.717) is 11.3 Å². The van der Waals surface area contributed by atoms with Gasteiger partial charge in [0.05, 0.1) is 17.6 Å². The van der Waals surface area contributed by atoms with E-state index >= 15 is 0 Å². The van der Waals surface area contributed by atoms with Crippen molar-refractivity contribution < 1.29 is 36.3 Å². The Morgan fingerprint density at radius 3 is 2.32 bits per heavy atom. The van der Waals surface area contributed by atoms with E-state index in [1.807, 2.05) is 0 Å². The summed E-state index contributed by atoms with van der Waals surface area (Å²) < 4.78 is 57.8. The second kappa shape index (κ2) is 8.79. The molecule has 0 heterocycles. The molecule has 0 saturated heterocycles. The summed E-state index contributed by atoms with van der Waals surface area (Å²) in [4.78, 5) is 23.0. The van der Waals surface area contributed by atoms with E-state index in [-0.39, 0.29) is 17.9 Å². The number of esters is 1. The van der Waals surface area contributed by atoms with Gasteiger partial charge in [-0.2, -0.15) is 8.78 Å². The average Bonchev–Trinajstić information content (AvgIpc) is 2.67. The quantitative estimate of drug-likeness (QED) is 0.701. The van der Waals surface area contributed by atoms with Gasteiger partial charge in [-0.1, -0.05) is 6.07 Å². The molecule has 7 nitrogen and oxygen atoms in total. The number of carbonyl (C=O) groups is 2. The standard InChI is InChI=1S/C18H17F2NO6S/c1-11-3-4-12(17(23)26-2)9-15(11)27-10-16(22)21-13-5-7-14(8-6-13)28(24,25)18(19)20/h3-9,18H,10H2,1-2H3,(H,21,22). The van der Waals surface area contributed by atoms with Crippen LogP contribution in [0.1, 0.15) is 15.9 Å². The number of sulfone groups is 1. The number of carbonyl (C=O) groups excluding carboxylic acids is 2. The van der Waals surface area contributed by atoms with Gasteiger partial charge in [0.1, 0.15) is 5.75 Å². The van der Waals surface area contributed by atoms with Gasteiger partial charge in [0.25, 0.3) is 5.91 Å². The van der Waals surface area contributed by atoms with E-state index in [0.717, 1.165) is 12.1 Å². The first kappa shape index (κ1) is 21.3. The van der Waals surface area contributed by atoms with Crippen molar-refractivity contribution in [1.29, 1.82) is 0 Å². The highest BCUT2D eigenvalue weighted by Crippen LogP contribution is 2.21. The maximum absolute atomic E-state index is 12.5. The molecule has 2 aromatic rings. The summed E-state index contributed by atoms with van der Waals surface area (Å²) in [5.74, 6) is -4.32. The number of halogens is 2. The lowest BCUT2D eigenvalue weighted by atomic mass is 10.1. The molecule has 0 atom stereocenters. The highest BCUT2D eigenvalue weighted by molar-refractivity contribution is 7.91. The van der Waals surface area contributed by atoms with Crippen molar-refractivity contribution in [3.8, 4) is 5.75 Å². The lowest BCUT2D eigenvalue weighted by Crippen LogP contribution is -2.20. The molecule has 0 aromatic heterocycles. The molecule has 10 heteroatoms. The smallest absolute Gasteiger partial charge is 0.341 e. The third-order valence-corrected chi connectivity index (χ3v) is 5.07. The largest absolute Gasteiger partial charge is 0.483 e. The number of hydrogen-bond acceptors (Lipinski definition) is 6. The van der Waals surface area contributed by atoms with Gasteiger partial charge in [-0.15, -0.1) is 0 Å². The van der Waals surface area contributed by atoms with Crippen LogP contribution in [-0.4, -0.2) is 39.8 Å². The summed E-state index contributed by atoms with van der Waals surface area (Å²) in [7, 11) is -3.45. The van der Waals surface area contributed by atoms with Gasteiger partial charge in [-0.05, 0) is 48.9 Å². The number of ether oxygens (including phenoxy) is 2. The lowest BCUT2D eigenvalue weighted by molar-refractivity contribution is -0.118. The Hall–Kier alpha value is -3.01. The van der Waals surface area contributed by atoms with E-state index in [4.69, 9.17) is 4.74 Å². The van der Waals surface area contributed by atoms with Crippen LogP contribution in [0.15, 0.2) is 47.4 Å². The van der Waals surface area contributed by atoms with Gasteiger partial charge >= 0.3 is 11.7 Å². The van der Waals surface area contributed by atoms with E-state index in [9.17, 15) is 26.8 Å². The zero-order chi connectivity index (χ0) is 20.9. The third-order valence-electron chi connectivity index (χ3n) is 3.67. The van der Waals surface area contributed by atoms with Crippen molar-refractivity contribution in [3.63, 3.8) is 0 Å². The molecule has 2 rings (SSSR count). The number of methoxy groups -OCH3 is 1.